The summed E-state index contributed by atoms with van der Waals surface area (Å²) in [6.45, 7) is 2.52. The normalized spacial score (nSPS) is 17.0. The predicted molar refractivity (Wildman–Crippen MR) is 117 cm³/mol. The number of alkyl halides is 3. The number of piperidine rings is 1. The van der Waals surface area contributed by atoms with Gasteiger partial charge in [-0.1, -0.05) is 0 Å². The molecule has 1 saturated heterocycles. The van der Waals surface area contributed by atoms with Crippen LogP contribution in [-0.2, 0) is 9.84 Å². The van der Waals surface area contributed by atoms with Gasteiger partial charge in [0, 0.05) is 30.2 Å². The number of carbonyl (C=O) groups is 1. The number of imidazole rings is 1. The SMILES string of the molecule is C=NC(=CC=CS(=O)(=O)C1CCN(CC(F)(F)F)CC1)CNC(=O)c1cnc2nccn2c1. The first-order chi connectivity index (χ1) is 15.6. The van der Waals surface area contributed by atoms with Crippen molar-refractivity contribution in [2.24, 2.45) is 4.99 Å². The van der Waals surface area contributed by atoms with Crippen molar-refractivity contribution in [1.29, 1.82) is 0 Å². The van der Waals surface area contributed by atoms with E-state index in [9.17, 15) is 26.4 Å². The minimum absolute atomic E-state index is 0.00448. The van der Waals surface area contributed by atoms with Gasteiger partial charge in [0.05, 0.1) is 29.6 Å². The molecular formula is C20H23F3N6O3S. The fourth-order valence-corrected chi connectivity index (χ4v) is 4.78. The molecule has 33 heavy (non-hydrogen) atoms. The molecule has 0 aromatic carbocycles. The molecule has 1 fully saturated rings. The Morgan fingerprint density at radius 1 is 1.30 bits per heavy atom. The van der Waals surface area contributed by atoms with Crippen LogP contribution in [0.5, 0.6) is 0 Å². The standard InChI is InChI=1S/C20H23F3N6O3S/c1-24-16(12-26-18(30)15-11-27-19-25-6-9-29(19)13-15)3-2-10-33(31,32)17-4-7-28(8-5-17)14-20(21,22)23/h2-3,6,9-11,13,17H,1,4-5,7-8,12,14H2,(H,26,30). The molecule has 2 aromatic heterocycles. The van der Waals surface area contributed by atoms with E-state index in [0.717, 1.165) is 5.41 Å². The summed E-state index contributed by atoms with van der Waals surface area (Å²) in [5, 5.41) is 2.92. The molecule has 1 amide bonds. The summed E-state index contributed by atoms with van der Waals surface area (Å²) in [5.74, 6) is 0.0483. The molecule has 178 valence electrons. The van der Waals surface area contributed by atoms with Crippen LogP contribution in [0.15, 0.2) is 53.0 Å². The summed E-state index contributed by atoms with van der Waals surface area (Å²) in [5.41, 5.74) is 0.630. The number of likely N-dealkylation sites (tertiary alicyclic amines) is 1. The van der Waals surface area contributed by atoms with Gasteiger partial charge < -0.3 is 5.32 Å². The second-order valence-electron chi connectivity index (χ2n) is 7.48. The van der Waals surface area contributed by atoms with Crippen LogP contribution in [0.3, 0.4) is 0 Å². The highest BCUT2D eigenvalue weighted by atomic mass is 32.2. The Bertz CT molecular complexity index is 1170. The largest absolute Gasteiger partial charge is 0.401 e. The van der Waals surface area contributed by atoms with Crippen molar-refractivity contribution in [1.82, 2.24) is 24.6 Å². The van der Waals surface area contributed by atoms with Gasteiger partial charge in [-0.05, 0) is 44.8 Å². The second-order valence-corrected chi connectivity index (χ2v) is 9.60. The molecular weight excluding hydrogens is 461 g/mol. The van der Waals surface area contributed by atoms with Gasteiger partial charge in [-0.3, -0.25) is 19.1 Å². The smallest absolute Gasteiger partial charge is 0.346 e. The molecule has 0 unspecified atom stereocenters. The van der Waals surface area contributed by atoms with E-state index in [4.69, 9.17) is 0 Å². The summed E-state index contributed by atoms with van der Waals surface area (Å²) >= 11 is 0. The molecule has 13 heteroatoms. The van der Waals surface area contributed by atoms with Gasteiger partial charge >= 0.3 is 6.18 Å². The zero-order valence-electron chi connectivity index (χ0n) is 17.6. The molecule has 3 heterocycles. The van der Waals surface area contributed by atoms with Crippen LogP contribution in [0, 0.1) is 0 Å². The van der Waals surface area contributed by atoms with E-state index >= 15 is 0 Å². The third kappa shape index (κ3) is 6.96. The van der Waals surface area contributed by atoms with E-state index in [1.807, 2.05) is 0 Å². The van der Waals surface area contributed by atoms with Gasteiger partial charge in [0.15, 0.2) is 9.84 Å². The maximum atomic E-state index is 12.5. The Kier molecular flexibility index (Phi) is 7.64. The molecule has 1 aliphatic heterocycles. The number of rotatable bonds is 8. The lowest BCUT2D eigenvalue weighted by molar-refractivity contribution is -0.147. The first-order valence-electron chi connectivity index (χ1n) is 10.0. The minimum atomic E-state index is -4.30. The van der Waals surface area contributed by atoms with Crippen molar-refractivity contribution in [2.45, 2.75) is 24.3 Å². The van der Waals surface area contributed by atoms with Crippen LogP contribution in [0.2, 0.25) is 0 Å². The Hall–Kier alpha value is -3.06. The minimum Gasteiger partial charge on any atom is -0.346 e. The number of halogens is 3. The molecule has 0 bridgehead atoms. The fourth-order valence-electron chi connectivity index (χ4n) is 3.39. The highest BCUT2D eigenvalue weighted by molar-refractivity contribution is 7.94. The monoisotopic (exact) mass is 484 g/mol. The first kappa shape index (κ1) is 24.6. The maximum Gasteiger partial charge on any atom is 0.401 e. The quantitative estimate of drug-likeness (QED) is 0.454. The predicted octanol–water partition coefficient (Wildman–Crippen LogP) is 2.00. The molecule has 1 N–H and O–H groups in total. The highest BCUT2D eigenvalue weighted by Crippen LogP contribution is 2.23. The Morgan fingerprint density at radius 2 is 2.03 bits per heavy atom. The van der Waals surface area contributed by atoms with Crippen molar-refractivity contribution in [2.75, 3.05) is 26.2 Å². The third-order valence-electron chi connectivity index (χ3n) is 5.10. The number of nitrogens with zero attached hydrogens (tertiary/aromatic N) is 5. The number of hydrogen-bond donors (Lipinski definition) is 1. The molecule has 3 rings (SSSR count). The average molecular weight is 485 g/mol. The molecule has 0 atom stereocenters. The number of sulfone groups is 1. The van der Waals surface area contributed by atoms with Crippen molar-refractivity contribution >= 4 is 28.2 Å². The molecule has 0 spiro atoms. The number of nitrogens with one attached hydrogen (secondary N) is 1. The molecule has 0 aliphatic carbocycles. The Morgan fingerprint density at radius 3 is 2.70 bits per heavy atom. The van der Waals surface area contributed by atoms with Crippen molar-refractivity contribution in [3.8, 4) is 0 Å². The van der Waals surface area contributed by atoms with Crippen LogP contribution < -0.4 is 5.32 Å². The number of fused-ring (bicyclic) bond motifs is 1. The van der Waals surface area contributed by atoms with E-state index < -0.39 is 33.7 Å². The molecule has 0 saturated carbocycles. The molecule has 9 nitrogen and oxygen atoms in total. The van der Waals surface area contributed by atoms with Gasteiger partial charge in [0.1, 0.15) is 0 Å². The first-order valence-corrected chi connectivity index (χ1v) is 11.6. The number of carbonyl (C=O) groups excluding carboxylic acids is 1. The lowest BCUT2D eigenvalue weighted by atomic mass is 10.1. The zero-order chi connectivity index (χ0) is 24.1. The summed E-state index contributed by atoms with van der Waals surface area (Å²) in [4.78, 5) is 25.4. The van der Waals surface area contributed by atoms with Crippen LogP contribution in [0.25, 0.3) is 5.78 Å². The van der Waals surface area contributed by atoms with Crippen LogP contribution >= 0.6 is 0 Å². The number of aromatic nitrogens is 3. The molecule has 1 aliphatic rings. The van der Waals surface area contributed by atoms with Crippen LogP contribution in [0.1, 0.15) is 23.2 Å². The number of aliphatic imine (C=N–C) groups is 1. The van der Waals surface area contributed by atoms with Gasteiger partial charge in [0.2, 0.25) is 5.78 Å². The van der Waals surface area contributed by atoms with Gasteiger partial charge in [-0.25, -0.2) is 18.4 Å². The van der Waals surface area contributed by atoms with E-state index in [0.29, 0.717) is 17.0 Å². The third-order valence-corrected chi connectivity index (χ3v) is 7.04. The van der Waals surface area contributed by atoms with Crippen LogP contribution in [0.4, 0.5) is 13.2 Å². The zero-order valence-corrected chi connectivity index (χ0v) is 18.4. The topological polar surface area (TPSA) is 109 Å². The Balaban J connectivity index is 1.53. The highest BCUT2D eigenvalue weighted by Gasteiger charge is 2.34. The Labute approximate surface area is 188 Å². The van der Waals surface area contributed by atoms with Gasteiger partial charge in [-0.2, -0.15) is 13.2 Å². The average Bonchev–Trinajstić information content (AvgIpc) is 3.23. The van der Waals surface area contributed by atoms with Gasteiger partial charge in [0.25, 0.3) is 5.91 Å². The number of amides is 1. The van der Waals surface area contributed by atoms with E-state index in [-0.39, 0.29) is 32.5 Å². The van der Waals surface area contributed by atoms with Gasteiger partial charge in [-0.15, -0.1) is 0 Å². The summed E-state index contributed by atoms with van der Waals surface area (Å²) in [7, 11) is -3.64. The fraction of sp³-hybridized carbons (Fsp3) is 0.400. The van der Waals surface area contributed by atoms with E-state index in [1.165, 1.54) is 23.2 Å². The molecule has 2 aromatic rings. The number of hydrogen-bond acceptors (Lipinski definition) is 7. The van der Waals surface area contributed by atoms with Crippen molar-refractivity contribution in [3.05, 3.63) is 53.6 Å². The van der Waals surface area contributed by atoms with E-state index in [2.05, 4.69) is 27.0 Å². The summed E-state index contributed by atoms with van der Waals surface area (Å²) in [6.07, 6.45) is 4.81. The van der Waals surface area contributed by atoms with Crippen molar-refractivity contribution in [3.63, 3.8) is 0 Å². The second kappa shape index (κ2) is 10.3. The summed E-state index contributed by atoms with van der Waals surface area (Å²) in [6, 6.07) is 0. The number of allylic oxidation sites excluding steroid dienone is 2. The van der Waals surface area contributed by atoms with Crippen molar-refractivity contribution < 1.29 is 26.4 Å². The molecule has 0 radical (unpaired) electrons. The van der Waals surface area contributed by atoms with Crippen LogP contribution in [-0.4, -0.2) is 77.9 Å². The summed E-state index contributed by atoms with van der Waals surface area (Å²) < 4.78 is 64.0. The lowest BCUT2D eigenvalue weighted by Crippen LogP contribution is -2.43. The van der Waals surface area contributed by atoms with E-state index in [1.54, 1.807) is 23.0 Å². The maximum absolute atomic E-state index is 12.5. The lowest BCUT2D eigenvalue weighted by Gasteiger charge is -2.31.